The molecule has 1 N–H and O–H groups in total. The van der Waals surface area contributed by atoms with Crippen molar-refractivity contribution in [2.75, 3.05) is 51.3 Å². The maximum absolute atomic E-state index is 15.3. The van der Waals surface area contributed by atoms with Gasteiger partial charge in [0.1, 0.15) is 5.75 Å². The first-order chi connectivity index (χ1) is 26.7. The van der Waals surface area contributed by atoms with E-state index in [2.05, 4.69) is 35.2 Å². The number of benzene rings is 4. The van der Waals surface area contributed by atoms with Crippen molar-refractivity contribution in [1.82, 2.24) is 19.3 Å². The third-order valence-electron chi connectivity index (χ3n) is 11.6. The Morgan fingerprint density at radius 3 is 2.29 bits per heavy atom. The fourth-order valence-electron chi connectivity index (χ4n) is 8.27. The van der Waals surface area contributed by atoms with E-state index in [0.29, 0.717) is 60.8 Å². The standard InChI is InChI=1S/C45H47N5O5/c1-30-38(43(52)47(3)35-13-15-37(51)16-14-35)26-42(46(30)2)40-24-34-27-49(18-17-31-9-5-4-6-10-31)44(53)39(34)25-41(40)45(54)50-28-33-12-8-7-11-32(33)23-36(50)29-48-19-21-55-22-20-48/h4-16,24-26,36,51H,17-23,27-29H2,1-3H3/t36-/m0/s1. The third-order valence-corrected chi connectivity index (χ3v) is 11.6. The number of carbonyl (C=O) groups excluding carboxylic acids is 3. The van der Waals surface area contributed by atoms with Crippen LogP contribution in [0.15, 0.2) is 97.1 Å². The summed E-state index contributed by atoms with van der Waals surface area (Å²) in [7, 11) is 3.63. The number of anilines is 1. The zero-order valence-electron chi connectivity index (χ0n) is 31.7. The maximum Gasteiger partial charge on any atom is 0.259 e. The average Bonchev–Trinajstić information content (AvgIpc) is 3.69. The summed E-state index contributed by atoms with van der Waals surface area (Å²) >= 11 is 0. The number of nitrogens with zero attached hydrogens (tertiary/aromatic N) is 5. The summed E-state index contributed by atoms with van der Waals surface area (Å²) in [6, 6.07) is 30.6. The van der Waals surface area contributed by atoms with Gasteiger partial charge in [0.25, 0.3) is 17.7 Å². The number of aromatic hydroxyl groups is 1. The molecular weight excluding hydrogens is 691 g/mol. The molecule has 55 heavy (non-hydrogen) atoms. The molecule has 4 heterocycles. The number of carbonyl (C=O) groups is 3. The van der Waals surface area contributed by atoms with Gasteiger partial charge in [-0.25, -0.2) is 0 Å². The van der Waals surface area contributed by atoms with Crippen molar-refractivity contribution >= 4 is 23.4 Å². The van der Waals surface area contributed by atoms with Gasteiger partial charge in [0.05, 0.1) is 18.8 Å². The van der Waals surface area contributed by atoms with E-state index in [1.807, 2.05) is 70.8 Å². The molecule has 10 nitrogen and oxygen atoms in total. The van der Waals surface area contributed by atoms with Gasteiger partial charge in [-0.1, -0.05) is 54.6 Å². The summed E-state index contributed by atoms with van der Waals surface area (Å²) in [4.78, 5) is 51.2. The Hall–Kier alpha value is -5.71. The molecule has 0 saturated carbocycles. The van der Waals surface area contributed by atoms with Crippen LogP contribution in [0.4, 0.5) is 5.69 Å². The number of rotatable bonds is 9. The van der Waals surface area contributed by atoms with Crippen LogP contribution in [0.2, 0.25) is 0 Å². The van der Waals surface area contributed by atoms with Crippen LogP contribution in [0.3, 0.4) is 0 Å². The number of fused-ring (bicyclic) bond motifs is 2. The van der Waals surface area contributed by atoms with Crippen LogP contribution in [0, 0.1) is 6.92 Å². The molecule has 4 aromatic carbocycles. The highest BCUT2D eigenvalue weighted by Gasteiger charge is 2.36. The smallest absolute Gasteiger partial charge is 0.259 e. The van der Waals surface area contributed by atoms with Crippen LogP contribution in [-0.2, 0) is 37.7 Å². The summed E-state index contributed by atoms with van der Waals surface area (Å²) in [6.45, 7) is 7.07. The number of phenols is 1. The molecule has 0 radical (unpaired) electrons. The van der Waals surface area contributed by atoms with E-state index in [0.717, 1.165) is 60.6 Å². The molecule has 3 aliphatic rings. The Kier molecular flexibility index (Phi) is 10.0. The van der Waals surface area contributed by atoms with Crippen LogP contribution in [0.25, 0.3) is 11.3 Å². The van der Waals surface area contributed by atoms with Crippen molar-refractivity contribution in [2.24, 2.45) is 7.05 Å². The van der Waals surface area contributed by atoms with Gasteiger partial charge in [-0.3, -0.25) is 19.3 Å². The second-order valence-corrected chi connectivity index (χ2v) is 15.0. The average molecular weight is 738 g/mol. The first kappa shape index (κ1) is 36.3. The van der Waals surface area contributed by atoms with Crippen molar-refractivity contribution < 1.29 is 24.2 Å². The van der Waals surface area contributed by atoms with Crippen molar-refractivity contribution in [2.45, 2.75) is 38.9 Å². The largest absolute Gasteiger partial charge is 0.508 e. The van der Waals surface area contributed by atoms with Gasteiger partial charge in [-0.2, -0.15) is 0 Å². The van der Waals surface area contributed by atoms with Crippen LogP contribution < -0.4 is 4.90 Å². The van der Waals surface area contributed by atoms with E-state index >= 15 is 4.79 Å². The summed E-state index contributed by atoms with van der Waals surface area (Å²) in [6.07, 6.45) is 1.46. The lowest BCUT2D eigenvalue weighted by atomic mass is 9.91. The summed E-state index contributed by atoms with van der Waals surface area (Å²) in [5.74, 6) is -0.290. The molecule has 1 fully saturated rings. The van der Waals surface area contributed by atoms with Gasteiger partial charge in [-0.05, 0) is 84.5 Å². The monoisotopic (exact) mass is 737 g/mol. The number of hydrogen-bond acceptors (Lipinski definition) is 6. The normalized spacial score (nSPS) is 16.9. The summed E-state index contributed by atoms with van der Waals surface area (Å²) in [5.41, 5.74) is 8.73. The van der Waals surface area contributed by atoms with E-state index in [1.165, 1.54) is 5.56 Å². The number of amides is 3. The van der Waals surface area contributed by atoms with Crippen molar-refractivity contribution in [1.29, 1.82) is 0 Å². The molecule has 5 aromatic rings. The molecule has 1 atom stereocenters. The van der Waals surface area contributed by atoms with E-state index in [4.69, 9.17) is 4.74 Å². The Bertz CT molecular complexity index is 2240. The summed E-state index contributed by atoms with van der Waals surface area (Å²) in [5, 5.41) is 9.83. The minimum absolute atomic E-state index is 0.0742. The van der Waals surface area contributed by atoms with E-state index < -0.39 is 0 Å². The molecule has 3 aliphatic heterocycles. The third kappa shape index (κ3) is 7.15. The fourth-order valence-corrected chi connectivity index (χ4v) is 8.27. The molecule has 0 unspecified atom stereocenters. The molecule has 1 aromatic heterocycles. The summed E-state index contributed by atoms with van der Waals surface area (Å²) < 4.78 is 7.61. The lowest BCUT2D eigenvalue weighted by Crippen LogP contribution is -2.52. The Morgan fingerprint density at radius 2 is 1.55 bits per heavy atom. The van der Waals surface area contributed by atoms with E-state index in [-0.39, 0.29) is 29.5 Å². The Balaban J connectivity index is 1.19. The zero-order chi connectivity index (χ0) is 38.2. The second kappa shape index (κ2) is 15.2. The minimum atomic E-state index is -0.209. The van der Waals surface area contributed by atoms with Crippen LogP contribution in [0.5, 0.6) is 5.75 Å². The highest BCUT2D eigenvalue weighted by Crippen LogP contribution is 2.37. The number of hydrogen-bond donors (Lipinski definition) is 1. The van der Waals surface area contributed by atoms with Crippen molar-refractivity contribution in [3.63, 3.8) is 0 Å². The SMILES string of the molecule is Cc1c(C(=O)N(C)c2ccc(O)cc2)cc(-c2cc3c(cc2C(=O)N2Cc4ccccc4C[C@H]2CN2CCOCC2)C(=O)N(CCc2ccccc2)C3)n1C. The zero-order valence-corrected chi connectivity index (χ0v) is 31.7. The Morgan fingerprint density at radius 1 is 0.836 bits per heavy atom. The maximum atomic E-state index is 15.3. The Labute approximate surface area is 322 Å². The topological polar surface area (TPSA) is 98.6 Å². The second-order valence-electron chi connectivity index (χ2n) is 15.0. The number of aromatic nitrogens is 1. The predicted molar refractivity (Wildman–Crippen MR) is 212 cm³/mol. The molecule has 1 saturated heterocycles. The van der Waals surface area contributed by atoms with Crippen molar-refractivity contribution in [3.05, 3.63) is 142 Å². The molecule has 8 rings (SSSR count). The molecular formula is C45H47N5O5. The highest BCUT2D eigenvalue weighted by atomic mass is 16.5. The molecule has 0 aliphatic carbocycles. The van der Waals surface area contributed by atoms with Gasteiger partial charge in [0.15, 0.2) is 0 Å². The van der Waals surface area contributed by atoms with Crippen molar-refractivity contribution in [3.8, 4) is 17.0 Å². The lowest BCUT2D eigenvalue weighted by Gasteiger charge is -2.40. The van der Waals surface area contributed by atoms with Crippen LogP contribution >= 0.6 is 0 Å². The van der Waals surface area contributed by atoms with Crippen LogP contribution in [0.1, 0.15) is 59.0 Å². The van der Waals surface area contributed by atoms with Gasteiger partial charge in [0, 0.05) is 93.2 Å². The first-order valence-corrected chi connectivity index (χ1v) is 19.1. The van der Waals surface area contributed by atoms with E-state index in [1.54, 1.807) is 36.2 Å². The minimum Gasteiger partial charge on any atom is -0.508 e. The van der Waals surface area contributed by atoms with Gasteiger partial charge < -0.3 is 29.1 Å². The number of phenolic OH excluding ortho intramolecular Hbond substituents is 1. The lowest BCUT2D eigenvalue weighted by molar-refractivity contribution is 0.0193. The fraction of sp³-hybridized carbons (Fsp3) is 0.311. The number of ether oxygens (including phenoxy) is 1. The van der Waals surface area contributed by atoms with Gasteiger partial charge >= 0.3 is 0 Å². The molecule has 282 valence electrons. The van der Waals surface area contributed by atoms with Gasteiger partial charge in [0.2, 0.25) is 0 Å². The highest BCUT2D eigenvalue weighted by molar-refractivity contribution is 6.09. The van der Waals surface area contributed by atoms with Crippen LogP contribution in [-0.4, -0.2) is 94.6 Å². The molecule has 3 amide bonds. The van der Waals surface area contributed by atoms with E-state index in [9.17, 15) is 14.7 Å². The predicted octanol–water partition coefficient (Wildman–Crippen LogP) is 6.08. The molecule has 0 bridgehead atoms. The van der Waals surface area contributed by atoms with Gasteiger partial charge in [-0.15, -0.1) is 0 Å². The molecule has 0 spiro atoms. The molecule has 10 heteroatoms. The number of morpholine rings is 1. The first-order valence-electron chi connectivity index (χ1n) is 19.1. The quantitative estimate of drug-likeness (QED) is 0.197.